The molecule has 274 valence electrons. The first kappa shape index (κ1) is 38.0. The van der Waals surface area contributed by atoms with Crippen LogP contribution in [0.3, 0.4) is 0 Å². The zero-order chi connectivity index (χ0) is 41.7. The van der Waals surface area contributed by atoms with Crippen molar-refractivity contribution in [2.75, 3.05) is 0 Å². The highest BCUT2D eigenvalue weighted by Gasteiger charge is 2.29. The van der Waals surface area contributed by atoms with E-state index < -0.39 is 0 Å². The Morgan fingerprint density at radius 3 is 1.05 bits per heavy atom. The molecule has 0 aliphatic heterocycles. The van der Waals surface area contributed by atoms with Crippen molar-refractivity contribution in [2.45, 2.75) is 0 Å². The molecule has 0 amide bonds. The molecule has 0 aliphatic rings. The predicted molar refractivity (Wildman–Crippen MR) is 287 cm³/mol. The zero-order valence-corrected chi connectivity index (χ0v) is 36.2. The quantitative estimate of drug-likeness (QED) is 0.165. The van der Waals surface area contributed by atoms with Crippen molar-refractivity contribution in [1.82, 2.24) is 24.1 Å². The summed E-state index contributed by atoms with van der Waals surface area (Å²) in [6, 6.07) is 40.2. The van der Waals surface area contributed by atoms with Gasteiger partial charge in [0.25, 0.3) is 0 Å². The van der Waals surface area contributed by atoms with Crippen LogP contribution in [0.15, 0.2) is 115 Å². The standard InChI is InChI=1S/C45H39B10N5/c46-29-27-25-26-28-30(47)32(49)34(51)36(53)42(28)60(40(26)38(55)37(54)39(25)59(23-16-8-3-9-17-23)41(27)35(52)33(50)31(29)48)24-18-10-15-22(19-24)45-57-43(20-11-4-1-5-12-20)56-44(58-45)21-13-6-2-7-14-21/h1-19H,46-55H2. The average Bonchev–Trinajstić information content (AvgIpc) is 3.84. The molecule has 0 bridgehead atoms. The highest BCUT2D eigenvalue weighted by atomic mass is 15.0. The van der Waals surface area contributed by atoms with E-state index in [2.05, 4.69) is 166 Å². The Morgan fingerprint density at radius 2 is 0.600 bits per heavy atom. The molecule has 0 radical (unpaired) electrons. The Morgan fingerprint density at radius 1 is 0.283 bits per heavy atom. The molecule has 5 nitrogen and oxygen atoms in total. The Kier molecular flexibility index (Phi) is 9.02. The lowest BCUT2D eigenvalue weighted by Crippen LogP contribution is -2.48. The van der Waals surface area contributed by atoms with E-state index in [1.807, 2.05) is 36.4 Å². The molecule has 3 aromatic heterocycles. The summed E-state index contributed by atoms with van der Waals surface area (Å²) in [7, 11) is 23.1. The van der Waals surface area contributed by atoms with Crippen molar-refractivity contribution < 1.29 is 0 Å². The molecule has 10 rings (SSSR count). The summed E-state index contributed by atoms with van der Waals surface area (Å²) in [5, 5.41) is 5.32. The first-order chi connectivity index (χ1) is 29.0. The summed E-state index contributed by atoms with van der Waals surface area (Å²) in [4.78, 5) is 15.3. The molecule has 3 heterocycles. The van der Waals surface area contributed by atoms with E-state index in [1.54, 1.807) is 0 Å². The van der Waals surface area contributed by atoms with Gasteiger partial charge in [-0.1, -0.05) is 135 Å². The van der Waals surface area contributed by atoms with Gasteiger partial charge >= 0.3 is 0 Å². The van der Waals surface area contributed by atoms with Gasteiger partial charge in [0.1, 0.15) is 78.5 Å². The molecule has 0 fully saturated rings. The van der Waals surface area contributed by atoms with Crippen molar-refractivity contribution in [2.24, 2.45) is 0 Å². The lowest BCUT2D eigenvalue weighted by atomic mass is 9.64. The first-order valence-electron chi connectivity index (χ1n) is 21.0. The molecule has 7 aromatic carbocycles. The number of rotatable bonds is 5. The maximum Gasteiger partial charge on any atom is 0.164 e. The van der Waals surface area contributed by atoms with Crippen molar-refractivity contribution in [3.8, 4) is 45.5 Å². The fraction of sp³-hybridized carbons (Fsp3) is 0. The molecule has 0 aliphatic carbocycles. The average molecular weight is 758 g/mol. The molecule has 15 heteroatoms. The highest BCUT2D eigenvalue weighted by molar-refractivity contribution is 6.71. The minimum absolute atomic E-state index is 0.642. The van der Waals surface area contributed by atoms with Gasteiger partial charge in [0.05, 0.1) is 0 Å². The molecule has 60 heavy (non-hydrogen) atoms. The normalized spacial score (nSPS) is 11.7. The van der Waals surface area contributed by atoms with Crippen LogP contribution in [0.4, 0.5) is 0 Å². The molecule has 0 N–H and O–H groups in total. The number of para-hydroxylation sites is 1. The van der Waals surface area contributed by atoms with Gasteiger partial charge in [-0.25, -0.2) is 15.0 Å². The number of aromatic nitrogens is 5. The molecule has 0 saturated heterocycles. The van der Waals surface area contributed by atoms with Gasteiger partial charge in [-0.3, -0.25) is 0 Å². The summed E-state index contributed by atoms with van der Waals surface area (Å²) in [5.74, 6) is 1.95. The van der Waals surface area contributed by atoms with Gasteiger partial charge in [-0.15, -0.1) is 10.9 Å². The molecule has 0 atom stereocenters. The number of hydrogen-bond acceptors (Lipinski definition) is 3. The molecular weight excluding hydrogens is 719 g/mol. The predicted octanol–water partition coefficient (Wildman–Crippen LogP) is -6.35. The van der Waals surface area contributed by atoms with Crippen LogP contribution in [0.5, 0.6) is 0 Å². The second-order valence-electron chi connectivity index (χ2n) is 16.7. The van der Waals surface area contributed by atoms with Gasteiger partial charge in [0.15, 0.2) is 17.5 Å². The number of hydrogen-bond donors (Lipinski definition) is 0. The van der Waals surface area contributed by atoms with E-state index in [0.717, 1.165) is 22.4 Å². The summed E-state index contributed by atoms with van der Waals surface area (Å²) < 4.78 is 5.11. The lowest BCUT2D eigenvalue weighted by Gasteiger charge is -2.17. The van der Waals surface area contributed by atoms with Crippen LogP contribution < -0.4 is 54.6 Å². The largest absolute Gasteiger partial charge is 0.310 e. The van der Waals surface area contributed by atoms with Gasteiger partial charge in [-0.2, -0.15) is 0 Å². The van der Waals surface area contributed by atoms with Crippen LogP contribution in [0.1, 0.15) is 0 Å². The summed E-state index contributed by atoms with van der Waals surface area (Å²) in [6.07, 6.45) is 0. The molecule has 0 spiro atoms. The third kappa shape index (κ3) is 5.51. The summed E-state index contributed by atoms with van der Waals surface area (Å²) in [6.45, 7) is 0. The third-order valence-corrected chi connectivity index (χ3v) is 13.8. The van der Waals surface area contributed by atoms with Gasteiger partial charge in [0.2, 0.25) is 0 Å². The highest BCUT2D eigenvalue weighted by Crippen LogP contribution is 2.39. The second kappa shape index (κ2) is 14.2. The lowest BCUT2D eigenvalue weighted by molar-refractivity contribution is 1.07. The van der Waals surface area contributed by atoms with E-state index >= 15 is 0 Å². The minimum atomic E-state index is 0.642. The van der Waals surface area contributed by atoms with Crippen LogP contribution in [0.25, 0.3) is 89.2 Å². The van der Waals surface area contributed by atoms with Crippen LogP contribution in [-0.2, 0) is 0 Å². The SMILES string of the molecule is Bc1c(B)c(B)c2c(c1B)c1c3c4c(B)c(B)c(B)c(B)c4n(-c4cccc(-c5nc(-c6ccccc6)nc(-c6ccccc6)n5)c4)c3c(B)c(B)c1n2-c1ccccc1. The maximum absolute atomic E-state index is 5.14. The van der Waals surface area contributed by atoms with E-state index in [0.29, 0.717) is 17.5 Å². The fourth-order valence-corrected chi connectivity index (χ4v) is 9.81. The molecule has 0 unspecified atom stereocenters. The Bertz CT molecular complexity index is 3370. The zero-order valence-electron chi connectivity index (χ0n) is 36.2. The van der Waals surface area contributed by atoms with E-state index in [9.17, 15) is 0 Å². The van der Waals surface area contributed by atoms with Crippen molar-refractivity contribution in [3.05, 3.63) is 115 Å². The van der Waals surface area contributed by atoms with Crippen molar-refractivity contribution >= 4 is 177 Å². The molecule has 0 saturated carbocycles. The van der Waals surface area contributed by atoms with Crippen LogP contribution in [-0.4, -0.2) is 103 Å². The molecule has 10 aromatic rings. The number of benzene rings is 7. The first-order valence-corrected chi connectivity index (χ1v) is 21.0. The summed E-state index contributed by atoms with van der Waals surface area (Å²) >= 11 is 0. The van der Waals surface area contributed by atoms with E-state index in [-0.39, 0.29) is 0 Å². The Balaban J connectivity index is 1.36. The van der Waals surface area contributed by atoms with Gasteiger partial charge in [-0.05, 0) is 24.3 Å². The Hall–Kier alpha value is -6.20. The van der Waals surface area contributed by atoms with Crippen LogP contribution in [0.2, 0.25) is 0 Å². The molecular formula is C45H39B10N5. The van der Waals surface area contributed by atoms with E-state index in [4.69, 9.17) is 15.0 Å². The minimum Gasteiger partial charge on any atom is -0.310 e. The van der Waals surface area contributed by atoms with Crippen molar-refractivity contribution in [1.29, 1.82) is 0 Å². The van der Waals surface area contributed by atoms with E-state index in [1.165, 1.54) is 104 Å². The monoisotopic (exact) mass is 759 g/mol. The number of fused-ring (bicyclic) bond motifs is 7. The third-order valence-electron chi connectivity index (χ3n) is 13.8. The van der Waals surface area contributed by atoms with Gasteiger partial charge in [0, 0.05) is 71.7 Å². The fourth-order valence-electron chi connectivity index (χ4n) is 9.81. The summed E-state index contributed by atoms with van der Waals surface area (Å²) in [5.41, 5.74) is 23.4. The van der Waals surface area contributed by atoms with Crippen LogP contribution >= 0.6 is 0 Å². The van der Waals surface area contributed by atoms with Crippen LogP contribution in [0, 0.1) is 0 Å². The Labute approximate surface area is 359 Å². The second-order valence-corrected chi connectivity index (χ2v) is 16.7. The van der Waals surface area contributed by atoms with Gasteiger partial charge < -0.3 is 9.13 Å². The topological polar surface area (TPSA) is 48.5 Å². The number of nitrogens with zero attached hydrogens (tertiary/aromatic N) is 5. The smallest absolute Gasteiger partial charge is 0.164 e. The van der Waals surface area contributed by atoms with Crippen molar-refractivity contribution in [3.63, 3.8) is 0 Å². The maximum atomic E-state index is 5.14.